The summed E-state index contributed by atoms with van der Waals surface area (Å²) in [5.41, 5.74) is 1.61. The van der Waals surface area contributed by atoms with Crippen molar-refractivity contribution in [3.8, 4) is 6.07 Å². The Kier molecular flexibility index (Phi) is 3.80. The summed E-state index contributed by atoms with van der Waals surface area (Å²) in [7, 11) is 1.83. The normalized spacial score (nSPS) is 19.2. The van der Waals surface area contributed by atoms with Crippen LogP contribution in [0.5, 0.6) is 0 Å². The Bertz CT molecular complexity index is 463. The van der Waals surface area contributed by atoms with Crippen LogP contribution in [-0.4, -0.2) is 38.6 Å². The summed E-state index contributed by atoms with van der Waals surface area (Å²) in [4.78, 5) is 13.9. The fourth-order valence-electron chi connectivity index (χ4n) is 2.15. The van der Waals surface area contributed by atoms with Crippen molar-refractivity contribution in [2.75, 3.05) is 31.6 Å². The van der Waals surface area contributed by atoms with Gasteiger partial charge in [-0.05, 0) is 31.3 Å². The lowest BCUT2D eigenvalue weighted by atomic mass is 10.1. The van der Waals surface area contributed by atoms with Gasteiger partial charge >= 0.3 is 0 Å². The molecule has 1 aromatic rings. The lowest BCUT2D eigenvalue weighted by molar-refractivity contribution is -0.123. The average molecular weight is 244 g/mol. The molecule has 1 aromatic carbocycles. The topological polar surface area (TPSA) is 68.2 Å². The van der Waals surface area contributed by atoms with E-state index in [1.54, 1.807) is 12.1 Å². The highest BCUT2D eigenvalue weighted by molar-refractivity contribution is 5.86. The van der Waals surface area contributed by atoms with E-state index in [2.05, 4.69) is 21.6 Å². The van der Waals surface area contributed by atoms with Gasteiger partial charge in [0, 0.05) is 25.3 Å². The number of carbonyl (C=O) groups is 1. The van der Waals surface area contributed by atoms with E-state index >= 15 is 0 Å². The molecule has 18 heavy (non-hydrogen) atoms. The van der Waals surface area contributed by atoms with Gasteiger partial charge in [0.2, 0.25) is 5.91 Å². The molecule has 94 valence electrons. The Morgan fingerprint density at radius 3 is 2.83 bits per heavy atom. The van der Waals surface area contributed by atoms with Gasteiger partial charge in [-0.1, -0.05) is 0 Å². The fraction of sp³-hybridized carbons (Fsp3) is 0.385. The molecule has 0 aliphatic carbocycles. The van der Waals surface area contributed by atoms with Gasteiger partial charge in [-0.15, -0.1) is 0 Å². The number of amides is 1. The Morgan fingerprint density at radius 2 is 2.22 bits per heavy atom. The van der Waals surface area contributed by atoms with Crippen molar-refractivity contribution >= 4 is 11.6 Å². The predicted octanol–water partition coefficient (Wildman–Crippen LogP) is 0.0825. The molecule has 1 unspecified atom stereocenters. The largest absolute Gasteiger partial charge is 0.357 e. The molecule has 5 heteroatoms. The molecule has 0 bridgehead atoms. The Balaban J connectivity index is 2.22. The third kappa shape index (κ3) is 2.44. The lowest BCUT2D eigenvalue weighted by Crippen LogP contribution is -2.58. The third-order valence-electron chi connectivity index (χ3n) is 3.06. The van der Waals surface area contributed by atoms with Crippen molar-refractivity contribution < 1.29 is 4.79 Å². The van der Waals surface area contributed by atoms with Crippen molar-refractivity contribution in [3.05, 3.63) is 29.8 Å². The van der Waals surface area contributed by atoms with E-state index in [9.17, 15) is 4.79 Å². The maximum absolute atomic E-state index is 11.8. The zero-order valence-corrected chi connectivity index (χ0v) is 10.3. The molecule has 1 amide bonds. The molecular formula is C13H16N4O. The first-order chi connectivity index (χ1) is 8.76. The number of nitrogens with zero attached hydrogens (tertiary/aromatic N) is 2. The summed E-state index contributed by atoms with van der Waals surface area (Å²) >= 11 is 0. The van der Waals surface area contributed by atoms with Crippen LogP contribution >= 0.6 is 0 Å². The molecule has 2 N–H and O–H groups in total. The average Bonchev–Trinajstić information content (AvgIpc) is 2.41. The summed E-state index contributed by atoms with van der Waals surface area (Å²) in [6, 6.07) is 9.22. The maximum atomic E-state index is 11.8. The van der Waals surface area contributed by atoms with Crippen LogP contribution in [-0.2, 0) is 4.79 Å². The standard InChI is InChI=1S/C13H16N4O/c1-15-9-12-13(18)16-6-7-17(12)11-4-2-10(8-14)3-5-11/h2-5,12,15H,6-7,9H2,1H3,(H,16,18). The van der Waals surface area contributed by atoms with Gasteiger partial charge in [0.25, 0.3) is 0 Å². The first-order valence-corrected chi connectivity index (χ1v) is 5.95. The molecular weight excluding hydrogens is 228 g/mol. The van der Waals surface area contributed by atoms with Crippen molar-refractivity contribution in [2.45, 2.75) is 6.04 Å². The van der Waals surface area contributed by atoms with Gasteiger partial charge in [0.1, 0.15) is 6.04 Å². The molecule has 1 fully saturated rings. The molecule has 1 aliphatic heterocycles. The van der Waals surface area contributed by atoms with Crippen molar-refractivity contribution in [1.82, 2.24) is 10.6 Å². The van der Waals surface area contributed by atoms with E-state index in [1.165, 1.54) is 0 Å². The molecule has 1 heterocycles. The monoisotopic (exact) mass is 244 g/mol. The second kappa shape index (κ2) is 5.52. The zero-order chi connectivity index (χ0) is 13.0. The van der Waals surface area contributed by atoms with E-state index in [0.29, 0.717) is 18.7 Å². The molecule has 0 aromatic heterocycles. The van der Waals surface area contributed by atoms with Gasteiger partial charge in [0.15, 0.2) is 0 Å². The molecule has 1 atom stereocenters. The molecule has 1 saturated heterocycles. The van der Waals surface area contributed by atoms with Crippen LogP contribution in [0.1, 0.15) is 5.56 Å². The first-order valence-electron chi connectivity index (χ1n) is 5.95. The van der Waals surface area contributed by atoms with Crippen LogP contribution < -0.4 is 15.5 Å². The number of anilines is 1. The summed E-state index contributed by atoms with van der Waals surface area (Å²) in [5, 5.41) is 14.7. The van der Waals surface area contributed by atoms with E-state index < -0.39 is 0 Å². The second-order valence-corrected chi connectivity index (χ2v) is 4.22. The number of piperazine rings is 1. The number of benzene rings is 1. The molecule has 5 nitrogen and oxygen atoms in total. The molecule has 0 saturated carbocycles. The number of carbonyl (C=O) groups excluding carboxylic acids is 1. The van der Waals surface area contributed by atoms with Gasteiger partial charge < -0.3 is 15.5 Å². The van der Waals surface area contributed by atoms with Crippen LogP contribution in [0, 0.1) is 11.3 Å². The smallest absolute Gasteiger partial charge is 0.244 e. The van der Waals surface area contributed by atoms with E-state index in [4.69, 9.17) is 5.26 Å². The SMILES string of the molecule is CNCC1C(=O)NCCN1c1ccc(C#N)cc1. The van der Waals surface area contributed by atoms with Gasteiger partial charge in [0.05, 0.1) is 11.6 Å². The third-order valence-corrected chi connectivity index (χ3v) is 3.06. The van der Waals surface area contributed by atoms with Gasteiger partial charge in [-0.3, -0.25) is 4.79 Å². The van der Waals surface area contributed by atoms with Gasteiger partial charge in [-0.25, -0.2) is 0 Å². The summed E-state index contributed by atoms with van der Waals surface area (Å²) < 4.78 is 0. The van der Waals surface area contributed by atoms with Crippen LogP contribution in [0.15, 0.2) is 24.3 Å². The number of hydrogen-bond donors (Lipinski definition) is 2. The number of hydrogen-bond acceptors (Lipinski definition) is 4. The Morgan fingerprint density at radius 1 is 1.50 bits per heavy atom. The van der Waals surface area contributed by atoms with E-state index in [-0.39, 0.29) is 11.9 Å². The minimum Gasteiger partial charge on any atom is -0.357 e. The summed E-state index contributed by atoms with van der Waals surface area (Å²) in [6.45, 7) is 2.04. The number of rotatable bonds is 3. The Labute approximate surface area is 106 Å². The number of nitrogens with one attached hydrogen (secondary N) is 2. The molecule has 1 aliphatic rings. The van der Waals surface area contributed by atoms with Gasteiger partial charge in [-0.2, -0.15) is 5.26 Å². The minimum atomic E-state index is -0.198. The fourth-order valence-corrected chi connectivity index (χ4v) is 2.15. The summed E-state index contributed by atoms with van der Waals surface area (Å²) in [6.07, 6.45) is 0. The zero-order valence-electron chi connectivity index (χ0n) is 10.3. The molecule has 0 radical (unpaired) electrons. The van der Waals surface area contributed by atoms with Crippen molar-refractivity contribution in [2.24, 2.45) is 0 Å². The van der Waals surface area contributed by atoms with Crippen LogP contribution in [0.2, 0.25) is 0 Å². The minimum absolute atomic E-state index is 0.0416. The number of nitriles is 1. The van der Waals surface area contributed by atoms with Crippen molar-refractivity contribution in [1.29, 1.82) is 5.26 Å². The highest BCUT2D eigenvalue weighted by atomic mass is 16.2. The lowest BCUT2D eigenvalue weighted by Gasteiger charge is -2.36. The van der Waals surface area contributed by atoms with Crippen LogP contribution in [0.4, 0.5) is 5.69 Å². The molecule has 2 rings (SSSR count). The van der Waals surface area contributed by atoms with E-state index in [0.717, 1.165) is 12.2 Å². The first kappa shape index (κ1) is 12.4. The quantitative estimate of drug-likeness (QED) is 0.790. The van der Waals surface area contributed by atoms with Crippen LogP contribution in [0.25, 0.3) is 0 Å². The highest BCUT2D eigenvalue weighted by Crippen LogP contribution is 2.19. The second-order valence-electron chi connectivity index (χ2n) is 4.22. The highest BCUT2D eigenvalue weighted by Gasteiger charge is 2.28. The van der Waals surface area contributed by atoms with Crippen LogP contribution in [0.3, 0.4) is 0 Å². The number of likely N-dealkylation sites (N-methyl/N-ethyl adjacent to an activating group) is 1. The molecule has 0 spiro atoms. The Hall–Kier alpha value is -2.06. The summed E-state index contributed by atoms with van der Waals surface area (Å²) in [5.74, 6) is 0.0416. The van der Waals surface area contributed by atoms with Crippen molar-refractivity contribution in [3.63, 3.8) is 0 Å². The maximum Gasteiger partial charge on any atom is 0.244 e. The van der Waals surface area contributed by atoms with E-state index in [1.807, 2.05) is 19.2 Å². The predicted molar refractivity (Wildman–Crippen MR) is 69.2 cm³/mol.